The summed E-state index contributed by atoms with van der Waals surface area (Å²) < 4.78 is 31.8. The average Bonchev–Trinajstić information content (AvgIpc) is 2.82. The molecule has 0 aliphatic heterocycles. The van der Waals surface area contributed by atoms with Crippen molar-refractivity contribution in [3.05, 3.63) is 58.6 Å². The smallest absolute Gasteiger partial charge is 0.244 e. The van der Waals surface area contributed by atoms with Gasteiger partial charge >= 0.3 is 0 Å². The number of aryl methyl sites for hydroxylation is 1. The maximum absolute atomic E-state index is 13.7. The average molecular weight is 538 g/mol. The lowest BCUT2D eigenvalue weighted by Crippen LogP contribution is -2.53. The largest absolute Gasteiger partial charge is 0.497 e. The van der Waals surface area contributed by atoms with Crippen LogP contribution >= 0.6 is 11.6 Å². The Kier molecular flexibility index (Phi) is 10.6. The highest BCUT2D eigenvalue weighted by Crippen LogP contribution is 2.26. The van der Waals surface area contributed by atoms with E-state index in [1.165, 1.54) is 4.90 Å². The number of hydrogen-bond donors (Lipinski definition) is 1. The van der Waals surface area contributed by atoms with Crippen molar-refractivity contribution < 1.29 is 22.7 Å². The molecule has 0 fully saturated rings. The van der Waals surface area contributed by atoms with Gasteiger partial charge in [0.05, 0.1) is 19.1 Å². The summed E-state index contributed by atoms with van der Waals surface area (Å²) in [5.41, 5.74) is 1.76. The fraction of sp³-hybridized carbons (Fsp3) is 0.462. The molecule has 8 nitrogen and oxygen atoms in total. The third-order valence-electron chi connectivity index (χ3n) is 6.01. The van der Waals surface area contributed by atoms with E-state index in [2.05, 4.69) is 5.32 Å². The lowest BCUT2D eigenvalue weighted by molar-refractivity contribution is -0.140. The molecule has 0 saturated heterocycles. The van der Waals surface area contributed by atoms with Crippen molar-refractivity contribution in [3.63, 3.8) is 0 Å². The molecule has 198 valence electrons. The highest BCUT2D eigenvalue weighted by atomic mass is 35.5. The molecule has 1 N–H and O–H groups in total. The molecule has 2 aromatic carbocycles. The van der Waals surface area contributed by atoms with E-state index >= 15 is 0 Å². The van der Waals surface area contributed by atoms with Crippen LogP contribution in [0.5, 0.6) is 5.75 Å². The van der Waals surface area contributed by atoms with E-state index in [4.69, 9.17) is 16.3 Å². The summed E-state index contributed by atoms with van der Waals surface area (Å²) >= 11 is 6.06. The molecule has 2 amide bonds. The highest BCUT2D eigenvalue weighted by molar-refractivity contribution is 7.92. The molecular weight excluding hydrogens is 502 g/mol. The van der Waals surface area contributed by atoms with Gasteiger partial charge in [0, 0.05) is 17.6 Å². The van der Waals surface area contributed by atoms with E-state index in [9.17, 15) is 18.0 Å². The van der Waals surface area contributed by atoms with Crippen LogP contribution in [-0.4, -0.2) is 57.1 Å². The first-order chi connectivity index (χ1) is 16.9. The van der Waals surface area contributed by atoms with Crippen molar-refractivity contribution >= 4 is 39.1 Å². The zero-order valence-electron chi connectivity index (χ0n) is 21.7. The van der Waals surface area contributed by atoms with Gasteiger partial charge < -0.3 is 15.0 Å². The van der Waals surface area contributed by atoms with Crippen LogP contribution in [0.25, 0.3) is 0 Å². The molecule has 10 heteroatoms. The molecule has 2 rings (SSSR count). The van der Waals surface area contributed by atoms with E-state index in [-0.39, 0.29) is 18.5 Å². The first kappa shape index (κ1) is 29.5. The zero-order valence-corrected chi connectivity index (χ0v) is 23.3. The molecule has 0 bridgehead atoms. The minimum Gasteiger partial charge on any atom is -0.497 e. The van der Waals surface area contributed by atoms with Crippen LogP contribution < -0.4 is 14.4 Å². The predicted octanol–water partition coefficient (Wildman–Crippen LogP) is 4.15. The number of hydrogen-bond acceptors (Lipinski definition) is 5. The second-order valence-corrected chi connectivity index (χ2v) is 11.2. The summed E-state index contributed by atoms with van der Waals surface area (Å²) in [5.74, 6) is -0.0984. The number of carbonyl (C=O) groups excluding carboxylic acids is 2. The second-order valence-electron chi connectivity index (χ2n) is 8.81. The third kappa shape index (κ3) is 7.86. The molecule has 0 saturated carbocycles. The van der Waals surface area contributed by atoms with E-state index in [1.54, 1.807) is 44.4 Å². The monoisotopic (exact) mass is 537 g/mol. The Balaban J connectivity index is 2.46. The van der Waals surface area contributed by atoms with Crippen LogP contribution in [0.2, 0.25) is 5.02 Å². The van der Waals surface area contributed by atoms with Gasteiger partial charge in [-0.15, -0.1) is 0 Å². The van der Waals surface area contributed by atoms with Gasteiger partial charge in [-0.2, -0.15) is 0 Å². The number of nitrogens with one attached hydrogen (secondary N) is 1. The Morgan fingerprint density at radius 2 is 1.72 bits per heavy atom. The van der Waals surface area contributed by atoms with Gasteiger partial charge in [0.25, 0.3) is 0 Å². The quantitative estimate of drug-likeness (QED) is 0.439. The lowest BCUT2D eigenvalue weighted by atomic mass is 10.1. The van der Waals surface area contributed by atoms with Crippen LogP contribution in [0.1, 0.15) is 44.7 Å². The molecule has 2 aromatic rings. The first-order valence-electron chi connectivity index (χ1n) is 11.9. The van der Waals surface area contributed by atoms with Crippen molar-refractivity contribution in [1.82, 2.24) is 10.2 Å². The van der Waals surface area contributed by atoms with Crippen LogP contribution in [-0.2, 0) is 26.2 Å². The summed E-state index contributed by atoms with van der Waals surface area (Å²) in [6, 6.07) is 11.1. The minimum absolute atomic E-state index is 0.0614. The Morgan fingerprint density at radius 1 is 1.08 bits per heavy atom. The molecular formula is C26H36ClN3O5S. The zero-order chi connectivity index (χ0) is 27.0. The predicted molar refractivity (Wildman–Crippen MR) is 144 cm³/mol. The molecule has 0 radical (unpaired) electrons. The van der Waals surface area contributed by atoms with Gasteiger partial charge in [-0.25, -0.2) is 8.42 Å². The van der Waals surface area contributed by atoms with Crippen molar-refractivity contribution in [1.29, 1.82) is 0 Å². The SMILES string of the molecule is CC[C@H](C(=O)N[C@@H](C)CC)N(Cc1ccc(OC)cc1)C(=O)CN(c1ccc(Cl)cc1C)S(C)(=O)=O. The van der Waals surface area contributed by atoms with Crippen molar-refractivity contribution in [3.8, 4) is 5.75 Å². The van der Waals surface area contributed by atoms with Crippen LogP contribution in [0, 0.1) is 6.92 Å². The number of methoxy groups -OCH3 is 1. The van der Waals surface area contributed by atoms with Gasteiger partial charge in [0.1, 0.15) is 18.3 Å². The van der Waals surface area contributed by atoms with Crippen molar-refractivity contribution in [2.24, 2.45) is 0 Å². The van der Waals surface area contributed by atoms with E-state index in [1.807, 2.05) is 32.9 Å². The van der Waals surface area contributed by atoms with E-state index in [0.29, 0.717) is 28.4 Å². The summed E-state index contributed by atoms with van der Waals surface area (Å²) in [7, 11) is -2.25. The summed E-state index contributed by atoms with van der Waals surface area (Å²) in [5, 5.41) is 3.41. The maximum Gasteiger partial charge on any atom is 0.244 e. The molecule has 2 atom stereocenters. The topological polar surface area (TPSA) is 96.0 Å². The molecule has 0 aliphatic carbocycles. The van der Waals surface area contributed by atoms with Crippen LogP contribution in [0.4, 0.5) is 5.69 Å². The number of sulfonamides is 1. The molecule has 0 heterocycles. The van der Waals surface area contributed by atoms with E-state index in [0.717, 1.165) is 22.5 Å². The fourth-order valence-corrected chi connectivity index (χ4v) is 4.92. The number of halogens is 1. The van der Waals surface area contributed by atoms with E-state index < -0.39 is 28.5 Å². The first-order valence-corrected chi connectivity index (χ1v) is 14.1. The third-order valence-corrected chi connectivity index (χ3v) is 7.37. The van der Waals surface area contributed by atoms with Crippen LogP contribution in [0.3, 0.4) is 0 Å². The molecule has 0 aliphatic rings. The normalized spacial score (nSPS) is 13.0. The van der Waals surface area contributed by atoms with Gasteiger partial charge in [-0.3, -0.25) is 13.9 Å². The molecule has 0 unspecified atom stereocenters. The summed E-state index contributed by atoms with van der Waals surface area (Å²) in [6.07, 6.45) is 2.16. The Morgan fingerprint density at radius 3 is 2.22 bits per heavy atom. The summed E-state index contributed by atoms with van der Waals surface area (Å²) in [4.78, 5) is 28.3. The van der Waals surface area contributed by atoms with Crippen molar-refractivity contribution in [2.75, 3.05) is 24.2 Å². The number of nitrogens with zero attached hydrogens (tertiary/aromatic N) is 2. The standard InChI is InChI=1S/C26H36ClN3O5S/c1-7-19(4)28-26(32)23(8-2)29(16-20-9-12-22(35-5)13-10-20)25(31)17-30(36(6,33)34)24-14-11-21(27)15-18(24)3/h9-15,19,23H,7-8,16-17H2,1-6H3,(H,28,32)/t19-,23+/m0/s1. The number of rotatable bonds is 12. The van der Waals surface area contributed by atoms with Gasteiger partial charge in [-0.1, -0.05) is 37.6 Å². The number of benzene rings is 2. The van der Waals surface area contributed by atoms with Gasteiger partial charge in [0.15, 0.2) is 0 Å². The van der Waals surface area contributed by atoms with Gasteiger partial charge in [-0.05, 0) is 68.1 Å². The van der Waals surface area contributed by atoms with Crippen LogP contribution in [0.15, 0.2) is 42.5 Å². The number of amides is 2. The second kappa shape index (κ2) is 13.0. The minimum atomic E-state index is -3.81. The van der Waals surface area contributed by atoms with Gasteiger partial charge in [0.2, 0.25) is 21.8 Å². The number of ether oxygens (including phenoxy) is 1. The Bertz CT molecular complexity index is 1150. The Labute approximate surface area is 219 Å². The number of carbonyl (C=O) groups is 2. The highest BCUT2D eigenvalue weighted by Gasteiger charge is 2.32. The maximum atomic E-state index is 13.7. The summed E-state index contributed by atoms with van der Waals surface area (Å²) in [6.45, 7) is 7.09. The lowest BCUT2D eigenvalue weighted by Gasteiger charge is -2.33. The molecule has 36 heavy (non-hydrogen) atoms. The fourth-order valence-electron chi connectivity index (χ4n) is 3.78. The van der Waals surface area contributed by atoms with Crippen molar-refractivity contribution in [2.45, 2.75) is 59.2 Å². The molecule has 0 spiro atoms. The Hall–Kier alpha value is -2.78. The molecule has 0 aromatic heterocycles. The number of anilines is 1.